The number of nitrogens with one attached hydrogen (secondary N) is 2. The third-order valence-electron chi connectivity index (χ3n) is 4.20. The molecule has 0 radical (unpaired) electrons. The van der Waals surface area contributed by atoms with Gasteiger partial charge < -0.3 is 15.2 Å². The zero-order valence-corrected chi connectivity index (χ0v) is 13.3. The van der Waals surface area contributed by atoms with Gasteiger partial charge in [0.2, 0.25) is 0 Å². The lowest BCUT2D eigenvalue weighted by Gasteiger charge is -2.45. The van der Waals surface area contributed by atoms with Crippen molar-refractivity contribution in [3.05, 3.63) is 23.5 Å². The number of piperidine rings is 1. The van der Waals surface area contributed by atoms with Crippen molar-refractivity contribution in [2.75, 3.05) is 13.1 Å². The number of fused-ring (bicyclic) bond motifs is 2. The first-order valence-corrected chi connectivity index (χ1v) is 6.68. The van der Waals surface area contributed by atoms with Gasteiger partial charge in [0.1, 0.15) is 5.69 Å². The molecule has 1 spiro atoms. The summed E-state index contributed by atoms with van der Waals surface area (Å²) in [6, 6.07) is 2.92. The standard InChI is InChI=1S/C13H18F3N3.2ClH/c1-9-8-19-10(2-3-11(19)13(14,15)16)12(18-9)4-6-17-7-5-12;;/h2-3,9,17-18H,4-8H2,1H3;2*1H. The molecule has 3 nitrogen and oxygen atoms in total. The predicted octanol–water partition coefficient (Wildman–Crippen LogP) is 2.92. The molecule has 0 aliphatic carbocycles. The van der Waals surface area contributed by atoms with Crippen molar-refractivity contribution >= 4 is 24.8 Å². The van der Waals surface area contributed by atoms with Crippen LogP contribution < -0.4 is 10.6 Å². The average molecular weight is 346 g/mol. The molecule has 0 aromatic carbocycles. The second kappa shape index (κ2) is 6.36. The Labute approximate surface area is 134 Å². The Kier molecular flexibility index (Phi) is 5.64. The third kappa shape index (κ3) is 3.18. The third-order valence-corrected chi connectivity index (χ3v) is 4.20. The minimum absolute atomic E-state index is 0. The summed E-state index contributed by atoms with van der Waals surface area (Å²) < 4.78 is 40.6. The van der Waals surface area contributed by atoms with E-state index in [-0.39, 0.29) is 36.4 Å². The molecule has 3 heterocycles. The van der Waals surface area contributed by atoms with Crippen molar-refractivity contribution in [2.24, 2.45) is 0 Å². The smallest absolute Gasteiger partial charge is 0.338 e. The molecule has 2 aliphatic rings. The number of hydrogen-bond acceptors (Lipinski definition) is 2. The van der Waals surface area contributed by atoms with E-state index in [1.807, 2.05) is 6.92 Å². The zero-order chi connectivity index (χ0) is 13.7. The Balaban J connectivity index is 0.00000110. The van der Waals surface area contributed by atoms with Crippen LogP contribution in [-0.4, -0.2) is 23.7 Å². The first kappa shape index (κ1) is 18.6. The summed E-state index contributed by atoms with van der Waals surface area (Å²) in [6.07, 6.45) is -2.61. The van der Waals surface area contributed by atoms with Crippen molar-refractivity contribution in [1.82, 2.24) is 15.2 Å². The fourth-order valence-corrected chi connectivity index (χ4v) is 3.45. The number of hydrogen-bond donors (Lipinski definition) is 2. The van der Waals surface area contributed by atoms with E-state index in [0.717, 1.165) is 31.6 Å². The Morgan fingerprint density at radius 2 is 1.81 bits per heavy atom. The van der Waals surface area contributed by atoms with E-state index >= 15 is 0 Å². The molecule has 1 atom stereocenters. The highest BCUT2D eigenvalue weighted by Gasteiger charge is 2.44. The van der Waals surface area contributed by atoms with E-state index in [9.17, 15) is 13.2 Å². The number of halogens is 5. The molecular weight excluding hydrogens is 326 g/mol. The maximum absolute atomic E-state index is 13.0. The summed E-state index contributed by atoms with van der Waals surface area (Å²) in [5.74, 6) is 0. The van der Waals surface area contributed by atoms with Crippen molar-refractivity contribution < 1.29 is 13.2 Å². The van der Waals surface area contributed by atoms with Gasteiger partial charge in [0.25, 0.3) is 0 Å². The highest BCUT2D eigenvalue weighted by Crippen LogP contribution is 2.39. The fourth-order valence-electron chi connectivity index (χ4n) is 3.45. The van der Waals surface area contributed by atoms with Gasteiger partial charge in [0.05, 0.1) is 5.54 Å². The Bertz CT molecular complexity index is 481. The van der Waals surface area contributed by atoms with Gasteiger partial charge in [0.15, 0.2) is 0 Å². The van der Waals surface area contributed by atoms with Gasteiger partial charge in [0, 0.05) is 18.3 Å². The van der Waals surface area contributed by atoms with Gasteiger partial charge in [-0.05, 0) is 45.0 Å². The van der Waals surface area contributed by atoms with Crippen LogP contribution in [0.15, 0.2) is 12.1 Å². The van der Waals surface area contributed by atoms with E-state index in [1.54, 1.807) is 6.07 Å². The maximum atomic E-state index is 13.0. The lowest BCUT2D eigenvalue weighted by Crippen LogP contribution is -2.58. The van der Waals surface area contributed by atoms with Crippen LogP contribution in [0.3, 0.4) is 0 Å². The summed E-state index contributed by atoms with van der Waals surface area (Å²) in [6.45, 7) is 4.01. The molecule has 1 aromatic heterocycles. The van der Waals surface area contributed by atoms with Crippen molar-refractivity contribution in [3.8, 4) is 0 Å². The Morgan fingerprint density at radius 1 is 1.19 bits per heavy atom. The second-order valence-corrected chi connectivity index (χ2v) is 5.59. The van der Waals surface area contributed by atoms with Crippen LogP contribution in [0.4, 0.5) is 13.2 Å². The van der Waals surface area contributed by atoms with Gasteiger partial charge in [-0.2, -0.15) is 13.2 Å². The number of alkyl halides is 3. The maximum Gasteiger partial charge on any atom is 0.431 e. The number of rotatable bonds is 0. The van der Waals surface area contributed by atoms with Crippen LogP contribution in [0.25, 0.3) is 0 Å². The molecule has 1 aromatic rings. The molecule has 21 heavy (non-hydrogen) atoms. The SMILES string of the molecule is CC1Cn2c(C(F)(F)F)ccc2C2(CCNCC2)N1.Cl.Cl. The highest BCUT2D eigenvalue weighted by molar-refractivity contribution is 5.85. The molecular formula is C13H20Cl2F3N3. The molecule has 0 saturated carbocycles. The van der Waals surface area contributed by atoms with E-state index in [4.69, 9.17) is 0 Å². The molecule has 3 rings (SSSR count). The minimum Gasteiger partial charge on any atom is -0.338 e. The Morgan fingerprint density at radius 3 is 2.38 bits per heavy atom. The van der Waals surface area contributed by atoms with Gasteiger partial charge in [-0.25, -0.2) is 0 Å². The highest BCUT2D eigenvalue weighted by atomic mass is 35.5. The van der Waals surface area contributed by atoms with Crippen molar-refractivity contribution in [1.29, 1.82) is 0 Å². The fraction of sp³-hybridized carbons (Fsp3) is 0.692. The van der Waals surface area contributed by atoms with E-state index in [2.05, 4.69) is 10.6 Å². The van der Waals surface area contributed by atoms with Crippen LogP contribution in [0.1, 0.15) is 31.2 Å². The molecule has 2 N–H and O–H groups in total. The Hall–Kier alpha value is -0.430. The molecule has 1 fully saturated rings. The lowest BCUT2D eigenvalue weighted by atomic mass is 9.83. The average Bonchev–Trinajstić information content (AvgIpc) is 2.74. The van der Waals surface area contributed by atoms with Crippen LogP contribution in [-0.2, 0) is 18.3 Å². The number of nitrogens with zero attached hydrogens (tertiary/aromatic N) is 1. The van der Waals surface area contributed by atoms with Crippen LogP contribution in [0, 0.1) is 0 Å². The number of aromatic nitrogens is 1. The predicted molar refractivity (Wildman–Crippen MR) is 80.3 cm³/mol. The zero-order valence-electron chi connectivity index (χ0n) is 11.7. The molecule has 1 saturated heterocycles. The van der Waals surface area contributed by atoms with Crippen LogP contribution in [0.5, 0.6) is 0 Å². The summed E-state index contributed by atoms with van der Waals surface area (Å²) in [5.41, 5.74) is -0.0277. The molecule has 0 amide bonds. The first-order chi connectivity index (χ1) is 8.92. The first-order valence-electron chi connectivity index (χ1n) is 6.68. The molecule has 0 bridgehead atoms. The van der Waals surface area contributed by atoms with Gasteiger partial charge in [-0.1, -0.05) is 0 Å². The molecule has 8 heteroatoms. The lowest BCUT2D eigenvalue weighted by molar-refractivity contribution is -0.144. The van der Waals surface area contributed by atoms with Gasteiger partial charge in [-0.3, -0.25) is 0 Å². The summed E-state index contributed by atoms with van der Waals surface area (Å²) in [7, 11) is 0. The normalized spacial score (nSPS) is 23.9. The van der Waals surface area contributed by atoms with E-state index in [1.165, 1.54) is 10.6 Å². The van der Waals surface area contributed by atoms with E-state index in [0.29, 0.717) is 6.54 Å². The monoisotopic (exact) mass is 345 g/mol. The molecule has 1 unspecified atom stereocenters. The second-order valence-electron chi connectivity index (χ2n) is 5.59. The van der Waals surface area contributed by atoms with Gasteiger partial charge in [-0.15, -0.1) is 24.8 Å². The van der Waals surface area contributed by atoms with Crippen molar-refractivity contribution in [3.63, 3.8) is 0 Å². The largest absolute Gasteiger partial charge is 0.431 e. The molecule has 122 valence electrons. The van der Waals surface area contributed by atoms with E-state index < -0.39 is 11.9 Å². The summed E-state index contributed by atoms with van der Waals surface area (Å²) >= 11 is 0. The van der Waals surface area contributed by atoms with Crippen LogP contribution in [0.2, 0.25) is 0 Å². The van der Waals surface area contributed by atoms with Crippen molar-refractivity contribution in [2.45, 2.75) is 44.1 Å². The minimum atomic E-state index is -4.27. The van der Waals surface area contributed by atoms with Gasteiger partial charge >= 0.3 is 6.18 Å². The summed E-state index contributed by atoms with van der Waals surface area (Å²) in [4.78, 5) is 0. The summed E-state index contributed by atoms with van der Waals surface area (Å²) in [5, 5.41) is 6.79. The quantitative estimate of drug-likeness (QED) is 0.756. The van der Waals surface area contributed by atoms with Crippen LogP contribution >= 0.6 is 24.8 Å². The topological polar surface area (TPSA) is 29.0 Å². The molecule has 2 aliphatic heterocycles.